The first-order valence-electron chi connectivity index (χ1n) is 9.52. The number of hydrogen-bond donors (Lipinski definition) is 0. The summed E-state index contributed by atoms with van der Waals surface area (Å²) in [5.74, 6) is 6.72. The van der Waals surface area contributed by atoms with Crippen LogP contribution in [0.15, 0.2) is 55.0 Å². The standard InChI is InChI=1S/C22H24ClN5/c1-25-14-16-26(17-15-25)10-2-5-13-28(27-11-3-4-12-27)22-8-9-24-21-18-19(23)6-7-20(21)22/h3-4,6-9,11-12,18H,10,13-17H2,1H3. The lowest BCUT2D eigenvalue weighted by molar-refractivity contribution is 0.168. The number of benzene rings is 1. The topological polar surface area (TPSA) is 27.5 Å². The summed E-state index contributed by atoms with van der Waals surface area (Å²) in [6.45, 7) is 5.82. The molecular formula is C22H24ClN5. The third-order valence-corrected chi connectivity index (χ3v) is 5.31. The molecular weight excluding hydrogens is 370 g/mol. The van der Waals surface area contributed by atoms with Crippen molar-refractivity contribution in [3.05, 3.63) is 60.0 Å². The number of halogens is 1. The van der Waals surface area contributed by atoms with Crippen molar-refractivity contribution in [3.63, 3.8) is 0 Å². The van der Waals surface area contributed by atoms with Crippen LogP contribution >= 0.6 is 11.6 Å². The molecule has 1 aliphatic heterocycles. The summed E-state index contributed by atoms with van der Waals surface area (Å²) >= 11 is 6.15. The number of pyridine rings is 1. The van der Waals surface area contributed by atoms with E-state index in [9.17, 15) is 0 Å². The van der Waals surface area contributed by atoms with Gasteiger partial charge in [0.1, 0.15) is 6.54 Å². The summed E-state index contributed by atoms with van der Waals surface area (Å²) in [5, 5.41) is 3.91. The molecule has 1 saturated heterocycles. The Balaban J connectivity index is 1.56. The molecule has 0 atom stereocenters. The van der Waals surface area contributed by atoms with E-state index in [1.165, 1.54) is 0 Å². The van der Waals surface area contributed by atoms with Crippen molar-refractivity contribution < 1.29 is 0 Å². The fourth-order valence-corrected chi connectivity index (χ4v) is 3.58. The lowest BCUT2D eigenvalue weighted by Crippen LogP contribution is -2.44. The van der Waals surface area contributed by atoms with Crippen LogP contribution in [0.2, 0.25) is 5.02 Å². The molecule has 0 amide bonds. The molecule has 0 bridgehead atoms. The molecule has 0 unspecified atom stereocenters. The average molecular weight is 394 g/mol. The maximum absolute atomic E-state index is 6.15. The summed E-state index contributed by atoms with van der Waals surface area (Å²) in [7, 11) is 2.17. The van der Waals surface area contributed by atoms with E-state index in [0.29, 0.717) is 11.6 Å². The van der Waals surface area contributed by atoms with Gasteiger partial charge in [-0.3, -0.25) is 19.6 Å². The lowest BCUT2D eigenvalue weighted by atomic mass is 10.2. The second-order valence-electron chi connectivity index (χ2n) is 7.05. The molecule has 1 aromatic carbocycles. The van der Waals surface area contributed by atoms with Crippen LogP contribution in [-0.2, 0) is 0 Å². The van der Waals surface area contributed by atoms with Gasteiger partial charge in [-0.05, 0) is 43.4 Å². The first-order valence-corrected chi connectivity index (χ1v) is 9.90. The van der Waals surface area contributed by atoms with Gasteiger partial charge in [-0.25, -0.2) is 0 Å². The van der Waals surface area contributed by atoms with Gasteiger partial charge >= 0.3 is 0 Å². The zero-order valence-corrected chi connectivity index (χ0v) is 16.8. The summed E-state index contributed by atoms with van der Waals surface area (Å²) in [4.78, 5) is 9.24. The average Bonchev–Trinajstić information content (AvgIpc) is 3.23. The number of hydrogen-bond acceptors (Lipinski definition) is 4. The highest BCUT2D eigenvalue weighted by molar-refractivity contribution is 6.31. The van der Waals surface area contributed by atoms with E-state index in [1.807, 2.05) is 55.0 Å². The fraction of sp³-hybridized carbons (Fsp3) is 0.318. The quantitative estimate of drug-likeness (QED) is 0.636. The van der Waals surface area contributed by atoms with Crippen LogP contribution in [0.1, 0.15) is 0 Å². The maximum atomic E-state index is 6.15. The molecule has 3 aromatic rings. The first kappa shape index (κ1) is 18.8. The minimum atomic E-state index is 0.601. The molecule has 1 aliphatic rings. The number of aromatic nitrogens is 2. The fourth-order valence-electron chi connectivity index (χ4n) is 3.41. The highest BCUT2D eigenvalue weighted by Crippen LogP contribution is 2.27. The van der Waals surface area contributed by atoms with Crippen molar-refractivity contribution in [1.82, 2.24) is 19.5 Å². The van der Waals surface area contributed by atoms with E-state index >= 15 is 0 Å². The number of likely N-dealkylation sites (N-methyl/N-ethyl adjacent to an activating group) is 1. The molecule has 3 heterocycles. The third-order valence-electron chi connectivity index (χ3n) is 5.08. The Bertz CT molecular complexity index is 981. The van der Waals surface area contributed by atoms with Gasteiger partial charge in [-0.1, -0.05) is 23.4 Å². The highest BCUT2D eigenvalue weighted by Gasteiger charge is 2.13. The summed E-state index contributed by atoms with van der Waals surface area (Å²) in [5.41, 5.74) is 1.94. The maximum Gasteiger partial charge on any atom is 0.101 e. The number of anilines is 1. The minimum absolute atomic E-state index is 0.601. The largest absolute Gasteiger partial charge is 0.304 e. The molecule has 1 fully saturated rings. The molecule has 144 valence electrons. The normalized spacial score (nSPS) is 15.4. The van der Waals surface area contributed by atoms with Crippen LogP contribution in [0.25, 0.3) is 10.9 Å². The predicted molar refractivity (Wildman–Crippen MR) is 116 cm³/mol. The Morgan fingerprint density at radius 2 is 1.86 bits per heavy atom. The van der Waals surface area contributed by atoms with E-state index in [4.69, 9.17) is 11.6 Å². The Labute approximate surface area is 171 Å². The molecule has 4 rings (SSSR count). The van der Waals surface area contributed by atoms with Crippen molar-refractivity contribution >= 4 is 28.2 Å². The van der Waals surface area contributed by atoms with Crippen molar-refractivity contribution in [1.29, 1.82) is 0 Å². The van der Waals surface area contributed by atoms with Crippen molar-refractivity contribution in [3.8, 4) is 11.8 Å². The summed E-state index contributed by atoms with van der Waals surface area (Å²) < 4.78 is 2.06. The highest BCUT2D eigenvalue weighted by atomic mass is 35.5. The Kier molecular flexibility index (Phi) is 5.82. The molecule has 6 heteroatoms. The van der Waals surface area contributed by atoms with E-state index < -0.39 is 0 Å². The van der Waals surface area contributed by atoms with E-state index in [0.717, 1.165) is 49.3 Å². The zero-order valence-electron chi connectivity index (χ0n) is 16.1. The Morgan fingerprint density at radius 3 is 2.64 bits per heavy atom. The van der Waals surface area contributed by atoms with E-state index in [1.54, 1.807) is 0 Å². The zero-order chi connectivity index (χ0) is 19.3. The third kappa shape index (κ3) is 4.31. The molecule has 0 saturated carbocycles. The van der Waals surface area contributed by atoms with Gasteiger partial charge in [0.05, 0.1) is 17.7 Å². The molecule has 2 aromatic heterocycles. The van der Waals surface area contributed by atoms with E-state index in [-0.39, 0.29) is 0 Å². The van der Waals surface area contributed by atoms with Crippen molar-refractivity contribution in [2.75, 3.05) is 51.3 Å². The Hall–Kier alpha value is -2.52. The SMILES string of the molecule is CN1CCN(CC#CCN(c2ccnc3cc(Cl)ccc23)n2cccc2)CC1. The second kappa shape index (κ2) is 8.66. The first-order chi connectivity index (χ1) is 13.7. The number of nitrogens with zero attached hydrogens (tertiary/aromatic N) is 5. The summed E-state index contributed by atoms with van der Waals surface area (Å²) in [6, 6.07) is 11.9. The van der Waals surface area contributed by atoms with Gasteiger partial charge < -0.3 is 4.90 Å². The molecule has 0 radical (unpaired) electrons. The Morgan fingerprint density at radius 1 is 1.07 bits per heavy atom. The molecule has 28 heavy (non-hydrogen) atoms. The van der Waals surface area contributed by atoms with Crippen molar-refractivity contribution in [2.24, 2.45) is 0 Å². The van der Waals surface area contributed by atoms with Gasteiger partial charge in [0.25, 0.3) is 0 Å². The minimum Gasteiger partial charge on any atom is -0.304 e. The van der Waals surface area contributed by atoms with Gasteiger partial charge in [-0.2, -0.15) is 0 Å². The second-order valence-corrected chi connectivity index (χ2v) is 7.48. The van der Waals surface area contributed by atoms with E-state index in [2.05, 4.69) is 43.4 Å². The van der Waals surface area contributed by atoms with Crippen LogP contribution < -0.4 is 5.01 Å². The van der Waals surface area contributed by atoms with Gasteiger partial charge in [-0.15, -0.1) is 0 Å². The number of piperazine rings is 1. The van der Waals surface area contributed by atoms with Gasteiger partial charge in [0, 0.05) is 55.2 Å². The molecule has 0 N–H and O–H groups in total. The lowest BCUT2D eigenvalue weighted by Gasteiger charge is -2.30. The molecule has 5 nitrogen and oxygen atoms in total. The van der Waals surface area contributed by atoms with Crippen LogP contribution in [0, 0.1) is 11.8 Å². The van der Waals surface area contributed by atoms with Crippen LogP contribution in [-0.4, -0.2) is 65.8 Å². The van der Waals surface area contributed by atoms with Crippen LogP contribution in [0.5, 0.6) is 0 Å². The smallest absolute Gasteiger partial charge is 0.101 e. The van der Waals surface area contributed by atoms with Gasteiger partial charge in [0.2, 0.25) is 0 Å². The number of fused-ring (bicyclic) bond motifs is 1. The van der Waals surface area contributed by atoms with Crippen LogP contribution in [0.3, 0.4) is 0 Å². The van der Waals surface area contributed by atoms with Crippen molar-refractivity contribution in [2.45, 2.75) is 0 Å². The molecule has 0 spiro atoms. The monoisotopic (exact) mass is 393 g/mol. The predicted octanol–water partition coefficient (Wildman–Crippen LogP) is 3.21. The number of rotatable bonds is 4. The van der Waals surface area contributed by atoms with Gasteiger partial charge in [0.15, 0.2) is 0 Å². The van der Waals surface area contributed by atoms with Crippen LogP contribution in [0.4, 0.5) is 5.69 Å². The molecule has 0 aliphatic carbocycles. The summed E-state index contributed by atoms with van der Waals surface area (Å²) in [6.07, 6.45) is 5.89.